The van der Waals surface area contributed by atoms with Crippen molar-refractivity contribution in [3.8, 4) is 0 Å². The number of carboxylic acid groups (broad SMARTS) is 1. The van der Waals surface area contributed by atoms with Gasteiger partial charge in [-0.1, -0.05) is 0 Å². The Balaban J connectivity index is 2.56. The van der Waals surface area contributed by atoms with Crippen LogP contribution in [-0.4, -0.2) is 39.1 Å². The zero-order chi connectivity index (χ0) is 15.4. The summed E-state index contributed by atoms with van der Waals surface area (Å²) in [5.74, 6) is -0.934. The van der Waals surface area contributed by atoms with Gasteiger partial charge in [0, 0.05) is 31.3 Å². The molecule has 114 valence electrons. The minimum atomic E-state index is -0.934. The number of rotatable bonds is 7. The number of carboxylic acids is 1. The highest BCUT2D eigenvalue weighted by Crippen LogP contribution is 2.27. The Morgan fingerprint density at radius 1 is 1.19 bits per heavy atom. The summed E-state index contributed by atoms with van der Waals surface area (Å²) in [4.78, 5) is 11.2. The highest BCUT2D eigenvalue weighted by Gasteiger charge is 2.14. The maximum atomic E-state index is 11.2. The van der Waals surface area contributed by atoms with E-state index in [4.69, 9.17) is 10.2 Å². The van der Waals surface area contributed by atoms with Crippen LogP contribution in [0.15, 0.2) is 18.3 Å². The molecule has 0 bridgehead atoms. The number of benzene rings is 1. The Morgan fingerprint density at radius 2 is 1.90 bits per heavy atom. The van der Waals surface area contributed by atoms with Crippen molar-refractivity contribution in [1.29, 1.82) is 0 Å². The molecule has 5 nitrogen and oxygen atoms in total. The molecule has 0 aliphatic heterocycles. The molecule has 0 amide bonds. The minimum Gasteiger partial charge on any atom is -0.478 e. The lowest BCUT2D eigenvalue weighted by molar-refractivity contribution is 0.0697. The zero-order valence-electron chi connectivity index (χ0n) is 12.2. The summed E-state index contributed by atoms with van der Waals surface area (Å²) in [6.45, 7) is 2.83. The van der Waals surface area contributed by atoms with Gasteiger partial charge in [0.1, 0.15) is 0 Å². The van der Waals surface area contributed by atoms with Crippen LogP contribution in [0.2, 0.25) is 0 Å². The van der Waals surface area contributed by atoms with E-state index in [-0.39, 0.29) is 18.8 Å². The van der Waals surface area contributed by atoms with E-state index in [1.54, 1.807) is 12.1 Å². The molecule has 0 spiro atoms. The molecular weight excluding hydrogens is 270 g/mol. The van der Waals surface area contributed by atoms with E-state index in [2.05, 4.69) is 4.57 Å². The largest absolute Gasteiger partial charge is 0.478 e. The van der Waals surface area contributed by atoms with E-state index in [1.807, 2.05) is 13.1 Å². The van der Waals surface area contributed by atoms with E-state index in [0.717, 1.165) is 22.0 Å². The number of aromatic carboxylic acids is 1. The fourth-order valence-electron chi connectivity index (χ4n) is 2.74. The molecule has 0 saturated carbocycles. The molecule has 0 aliphatic carbocycles. The van der Waals surface area contributed by atoms with Crippen LogP contribution in [0.4, 0.5) is 0 Å². The van der Waals surface area contributed by atoms with Gasteiger partial charge in [-0.05, 0) is 49.4 Å². The molecule has 3 N–H and O–H groups in total. The number of carbonyl (C=O) groups is 1. The molecule has 21 heavy (non-hydrogen) atoms. The van der Waals surface area contributed by atoms with Crippen LogP contribution in [-0.2, 0) is 13.0 Å². The van der Waals surface area contributed by atoms with Crippen molar-refractivity contribution in [3.05, 3.63) is 35.0 Å². The van der Waals surface area contributed by atoms with Crippen LogP contribution in [0.3, 0.4) is 0 Å². The van der Waals surface area contributed by atoms with Gasteiger partial charge in [0.05, 0.1) is 11.1 Å². The first-order valence-corrected chi connectivity index (χ1v) is 7.16. The van der Waals surface area contributed by atoms with E-state index in [0.29, 0.717) is 25.8 Å². The molecular formula is C16H21NO4. The molecule has 1 aromatic carbocycles. The smallest absolute Gasteiger partial charge is 0.335 e. The molecule has 5 heteroatoms. The highest BCUT2D eigenvalue weighted by atomic mass is 16.4. The van der Waals surface area contributed by atoms with Crippen LogP contribution in [0, 0.1) is 6.92 Å². The number of aliphatic hydroxyl groups excluding tert-OH is 2. The molecule has 0 saturated heterocycles. The number of hydrogen-bond acceptors (Lipinski definition) is 3. The van der Waals surface area contributed by atoms with Gasteiger partial charge in [0.2, 0.25) is 0 Å². The Morgan fingerprint density at radius 3 is 2.52 bits per heavy atom. The van der Waals surface area contributed by atoms with Crippen molar-refractivity contribution in [2.75, 3.05) is 13.2 Å². The van der Waals surface area contributed by atoms with Crippen LogP contribution in [0.1, 0.15) is 34.3 Å². The maximum Gasteiger partial charge on any atom is 0.335 e. The first-order valence-electron chi connectivity index (χ1n) is 7.16. The molecule has 0 atom stereocenters. The average molecular weight is 291 g/mol. The molecule has 0 unspecified atom stereocenters. The predicted molar refractivity (Wildman–Crippen MR) is 80.7 cm³/mol. The van der Waals surface area contributed by atoms with Crippen molar-refractivity contribution in [3.63, 3.8) is 0 Å². The third kappa shape index (κ3) is 3.25. The average Bonchev–Trinajstić information content (AvgIpc) is 2.81. The highest BCUT2D eigenvalue weighted by molar-refractivity contribution is 5.96. The summed E-state index contributed by atoms with van der Waals surface area (Å²) in [6, 6.07) is 3.38. The number of aromatic nitrogens is 1. The van der Waals surface area contributed by atoms with Crippen molar-refractivity contribution in [1.82, 2.24) is 4.57 Å². The summed E-state index contributed by atoms with van der Waals surface area (Å²) in [5, 5.41) is 28.2. The summed E-state index contributed by atoms with van der Waals surface area (Å²) in [6.07, 6.45) is 4.02. The third-order valence-corrected chi connectivity index (χ3v) is 3.65. The van der Waals surface area contributed by atoms with Gasteiger partial charge < -0.3 is 19.9 Å². The second-order valence-electron chi connectivity index (χ2n) is 5.25. The van der Waals surface area contributed by atoms with Gasteiger partial charge >= 0.3 is 5.97 Å². The van der Waals surface area contributed by atoms with Crippen LogP contribution in [0.5, 0.6) is 0 Å². The summed E-state index contributed by atoms with van der Waals surface area (Å²) >= 11 is 0. The first kappa shape index (κ1) is 15.5. The van der Waals surface area contributed by atoms with E-state index in [9.17, 15) is 9.90 Å². The monoisotopic (exact) mass is 291 g/mol. The van der Waals surface area contributed by atoms with Crippen molar-refractivity contribution in [2.24, 2.45) is 0 Å². The third-order valence-electron chi connectivity index (χ3n) is 3.65. The number of fused-ring (bicyclic) bond motifs is 1. The van der Waals surface area contributed by atoms with E-state index >= 15 is 0 Å². The predicted octanol–water partition coefficient (Wildman–Crippen LogP) is 1.96. The Kier molecular flexibility index (Phi) is 4.98. The molecule has 0 aliphatic rings. The molecule has 2 rings (SSSR count). The van der Waals surface area contributed by atoms with Gasteiger partial charge in [-0.25, -0.2) is 4.79 Å². The standard InChI is InChI=1S/C16H21NO4/c1-11-8-13(16(20)21)9-14-12(4-2-6-18)10-17(15(11)14)5-3-7-19/h8-10,18-19H,2-7H2,1H3,(H,20,21). The van der Waals surface area contributed by atoms with E-state index < -0.39 is 5.97 Å². The number of nitrogens with zero attached hydrogens (tertiary/aromatic N) is 1. The van der Waals surface area contributed by atoms with Crippen LogP contribution < -0.4 is 0 Å². The van der Waals surface area contributed by atoms with E-state index in [1.165, 1.54) is 0 Å². The van der Waals surface area contributed by atoms with Crippen molar-refractivity contribution < 1.29 is 20.1 Å². The second-order valence-corrected chi connectivity index (χ2v) is 5.25. The molecule has 0 fully saturated rings. The topological polar surface area (TPSA) is 82.7 Å². The minimum absolute atomic E-state index is 0.112. The van der Waals surface area contributed by atoms with Gasteiger partial charge in [-0.3, -0.25) is 0 Å². The fourth-order valence-corrected chi connectivity index (χ4v) is 2.74. The SMILES string of the molecule is Cc1cc(C(=O)O)cc2c(CCCO)cn(CCCO)c12. The van der Waals surface area contributed by atoms with Crippen LogP contribution in [0.25, 0.3) is 10.9 Å². The summed E-state index contributed by atoms with van der Waals surface area (Å²) in [7, 11) is 0. The second kappa shape index (κ2) is 6.74. The molecule has 2 aromatic rings. The first-order chi connectivity index (χ1) is 10.1. The lowest BCUT2D eigenvalue weighted by Crippen LogP contribution is -2.01. The Hall–Kier alpha value is -1.85. The number of aliphatic hydroxyl groups is 2. The molecule has 0 radical (unpaired) electrons. The zero-order valence-corrected chi connectivity index (χ0v) is 12.2. The molecule has 1 aromatic heterocycles. The van der Waals surface area contributed by atoms with Crippen molar-refractivity contribution >= 4 is 16.9 Å². The maximum absolute atomic E-state index is 11.2. The fraction of sp³-hybridized carbons (Fsp3) is 0.438. The summed E-state index contributed by atoms with van der Waals surface area (Å²) < 4.78 is 2.07. The lowest BCUT2D eigenvalue weighted by Gasteiger charge is -2.07. The summed E-state index contributed by atoms with van der Waals surface area (Å²) in [5.41, 5.74) is 3.26. The van der Waals surface area contributed by atoms with Gasteiger partial charge in [-0.15, -0.1) is 0 Å². The number of aryl methyl sites for hydroxylation is 3. The van der Waals surface area contributed by atoms with Crippen LogP contribution >= 0.6 is 0 Å². The van der Waals surface area contributed by atoms with Gasteiger partial charge in [0.15, 0.2) is 0 Å². The molecule has 1 heterocycles. The van der Waals surface area contributed by atoms with Crippen molar-refractivity contribution in [2.45, 2.75) is 32.7 Å². The Bertz CT molecular complexity index is 645. The number of hydrogen-bond donors (Lipinski definition) is 3. The normalized spacial score (nSPS) is 11.2. The Labute approximate surface area is 123 Å². The van der Waals surface area contributed by atoms with Gasteiger partial charge in [-0.2, -0.15) is 0 Å². The van der Waals surface area contributed by atoms with Gasteiger partial charge in [0.25, 0.3) is 0 Å². The quantitative estimate of drug-likeness (QED) is 0.728. The lowest BCUT2D eigenvalue weighted by atomic mass is 10.0.